The largest absolute Gasteiger partial charge is 0.469 e. The molecule has 0 unspecified atom stereocenters. The number of benzene rings is 1. The van der Waals surface area contributed by atoms with Crippen LogP contribution in [0.15, 0.2) is 12.1 Å². The van der Waals surface area contributed by atoms with Crippen LogP contribution in [0.3, 0.4) is 0 Å². The summed E-state index contributed by atoms with van der Waals surface area (Å²) < 4.78 is 56.0. The van der Waals surface area contributed by atoms with Gasteiger partial charge in [0.05, 0.1) is 10.5 Å². The number of nitro benzene ring substituents is 1. The van der Waals surface area contributed by atoms with E-state index in [0.29, 0.717) is 0 Å². The van der Waals surface area contributed by atoms with Gasteiger partial charge in [-0.3, -0.25) is 10.1 Å². The Balaban J connectivity index is 2.74. The molecule has 92 valence electrons. The second-order valence-electron chi connectivity index (χ2n) is 3.61. The van der Waals surface area contributed by atoms with Crippen molar-refractivity contribution in [1.29, 1.82) is 0 Å². The van der Waals surface area contributed by atoms with Gasteiger partial charge in [-0.25, -0.2) is 0 Å². The third-order valence-corrected chi connectivity index (χ3v) is 2.34. The van der Waals surface area contributed by atoms with Gasteiger partial charge in [0.1, 0.15) is 0 Å². The zero-order chi connectivity index (χ0) is 13.0. The van der Waals surface area contributed by atoms with Crippen LogP contribution in [0.2, 0.25) is 0 Å². The Kier molecular flexibility index (Phi) is 2.11. The fraction of sp³-hybridized carbons (Fsp3) is 0.333. The number of ether oxygens (including phenoxy) is 1. The molecule has 4 nitrogen and oxygen atoms in total. The second kappa shape index (κ2) is 3.08. The molecular formula is C9H5F4NO3. The highest BCUT2D eigenvalue weighted by Gasteiger charge is 2.68. The number of nitrogens with zero attached hydrogens (tertiary/aromatic N) is 1. The number of nitro groups is 1. The lowest BCUT2D eigenvalue weighted by atomic mass is 10.0. The smallest absolute Gasteiger partial charge is 0.420 e. The topological polar surface area (TPSA) is 52.4 Å². The van der Waals surface area contributed by atoms with Gasteiger partial charge >= 0.3 is 17.7 Å². The molecule has 0 aliphatic carbocycles. The summed E-state index contributed by atoms with van der Waals surface area (Å²) in [7, 11) is 0. The Morgan fingerprint density at radius 3 is 2.41 bits per heavy atom. The first kappa shape index (κ1) is 11.6. The molecule has 0 atom stereocenters. The zero-order valence-corrected chi connectivity index (χ0v) is 8.34. The van der Waals surface area contributed by atoms with E-state index in [1.807, 2.05) is 0 Å². The van der Waals surface area contributed by atoms with Crippen LogP contribution in [-0.2, 0) is 5.92 Å². The lowest BCUT2D eigenvalue weighted by molar-refractivity contribution is -0.387. The summed E-state index contributed by atoms with van der Waals surface area (Å²) in [6.45, 7) is 1.29. The van der Waals surface area contributed by atoms with Crippen LogP contribution in [0.4, 0.5) is 23.2 Å². The van der Waals surface area contributed by atoms with Crippen molar-refractivity contribution in [3.05, 3.63) is 33.4 Å². The Bertz CT molecular complexity index is 515. The monoisotopic (exact) mass is 251 g/mol. The van der Waals surface area contributed by atoms with Crippen LogP contribution in [0.1, 0.15) is 11.1 Å². The van der Waals surface area contributed by atoms with Crippen molar-refractivity contribution in [2.24, 2.45) is 0 Å². The molecule has 1 aromatic rings. The van der Waals surface area contributed by atoms with Gasteiger partial charge < -0.3 is 4.74 Å². The van der Waals surface area contributed by atoms with Crippen LogP contribution in [0.5, 0.6) is 5.75 Å². The van der Waals surface area contributed by atoms with Gasteiger partial charge in [-0.05, 0) is 18.6 Å². The van der Waals surface area contributed by atoms with Crippen molar-refractivity contribution in [1.82, 2.24) is 0 Å². The van der Waals surface area contributed by atoms with Crippen molar-refractivity contribution in [2.75, 3.05) is 0 Å². The van der Waals surface area contributed by atoms with Crippen molar-refractivity contribution in [2.45, 2.75) is 19.0 Å². The molecule has 0 bridgehead atoms. The summed E-state index contributed by atoms with van der Waals surface area (Å²) in [4.78, 5) is 9.53. The van der Waals surface area contributed by atoms with E-state index in [2.05, 4.69) is 4.74 Å². The molecule has 0 spiro atoms. The molecule has 0 saturated carbocycles. The van der Waals surface area contributed by atoms with Crippen LogP contribution in [0, 0.1) is 17.0 Å². The summed E-state index contributed by atoms with van der Waals surface area (Å²) in [5.41, 5.74) is -1.97. The van der Waals surface area contributed by atoms with Crippen LogP contribution in [-0.4, -0.2) is 11.0 Å². The third-order valence-electron chi connectivity index (χ3n) is 2.34. The number of hydrogen-bond donors (Lipinski definition) is 0. The predicted molar refractivity (Wildman–Crippen MR) is 47.3 cm³/mol. The molecule has 1 aliphatic rings. The van der Waals surface area contributed by atoms with Crippen LogP contribution < -0.4 is 4.74 Å². The normalized spacial score (nSPS) is 19.6. The minimum Gasteiger partial charge on any atom is -0.420 e. The van der Waals surface area contributed by atoms with Gasteiger partial charge in [0.2, 0.25) is 5.75 Å². The third kappa shape index (κ3) is 1.43. The molecule has 1 aliphatic heterocycles. The molecule has 0 fully saturated rings. The molecule has 0 saturated heterocycles. The van der Waals surface area contributed by atoms with E-state index in [1.165, 1.54) is 6.92 Å². The van der Waals surface area contributed by atoms with E-state index in [4.69, 9.17) is 0 Å². The van der Waals surface area contributed by atoms with E-state index in [-0.39, 0.29) is 5.56 Å². The Labute approximate surface area is 91.9 Å². The molecule has 0 aromatic heterocycles. The summed E-state index contributed by atoms with van der Waals surface area (Å²) >= 11 is 0. The van der Waals surface area contributed by atoms with Gasteiger partial charge in [0.25, 0.3) is 0 Å². The number of aryl methyl sites for hydroxylation is 1. The molecule has 8 heteroatoms. The molecule has 1 aromatic carbocycles. The Morgan fingerprint density at radius 2 is 1.88 bits per heavy atom. The lowest BCUT2D eigenvalue weighted by Gasteiger charge is -2.15. The Hall–Kier alpha value is -1.86. The molecule has 0 N–H and O–H groups in total. The van der Waals surface area contributed by atoms with Crippen LogP contribution in [0.25, 0.3) is 0 Å². The van der Waals surface area contributed by atoms with Crippen molar-refractivity contribution < 1.29 is 27.2 Å². The van der Waals surface area contributed by atoms with Gasteiger partial charge in [0.15, 0.2) is 0 Å². The number of hydrogen-bond acceptors (Lipinski definition) is 3. The molecule has 0 radical (unpaired) electrons. The van der Waals surface area contributed by atoms with Crippen molar-refractivity contribution >= 4 is 5.69 Å². The quantitative estimate of drug-likeness (QED) is 0.438. The minimum absolute atomic E-state index is 0.0800. The van der Waals surface area contributed by atoms with E-state index in [0.717, 1.165) is 12.1 Å². The van der Waals surface area contributed by atoms with Crippen molar-refractivity contribution in [3.8, 4) is 5.75 Å². The minimum atomic E-state index is -4.77. The predicted octanol–water partition coefficient (Wildman–Crippen LogP) is 2.98. The van der Waals surface area contributed by atoms with Crippen LogP contribution >= 0.6 is 0 Å². The highest BCUT2D eigenvalue weighted by Crippen LogP contribution is 2.56. The van der Waals surface area contributed by atoms with E-state index >= 15 is 0 Å². The summed E-state index contributed by atoms with van der Waals surface area (Å²) in [5, 5.41) is 10.6. The summed E-state index contributed by atoms with van der Waals surface area (Å²) in [5.74, 6) is -5.64. The maximum absolute atomic E-state index is 13.2. The lowest BCUT2D eigenvalue weighted by Crippen LogP contribution is -2.37. The zero-order valence-electron chi connectivity index (χ0n) is 8.34. The van der Waals surface area contributed by atoms with E-state index in [9.17, 15) is 27.7 Å². The summed E-state index contributed by atoms with van der Waals surface area (Å²) in [6.07, 6.45) is -4.77. The standard InChI is InChI=1S/C9H5F4NO3/c1-4-2-5-7(6(3-4)14(15)16)17-9(12,13)8(5,10)11/h2-3H,1H3. The van der Waals surface area contributed by atoms with E-state index in [1.54, 1.807) is 0 Å². The molecule has 2 rings (SSSR count). The molecule has 1 heterocycles. The second-order valence-corrected chi connectivity index (χ2v) is 3.61. The number of rotatable bonds is 1. The van der Waals surface area contributed by atoms with Gasteiger partial charge in [0, 0.05) is 6.07 Å². The highest BCUT2D eigenvalue weighted by atomic mass is 19.3. The number of alkyl halides is 4. The average Bonchev–Trinajstić information content (AvgIpc) is 2.35. The van der Waals surface area contributed by atoms with Crippen molar-refractivity contribution in [3.63, 3.8) is 0 Å². The first-order valence-electron chi connectivity index (χ1n) is 4.41. The van der Waals surface area contributed by atoms with Gasteiger partial charge in [-0.15, -0.1) is 0 Å². The maximum Gasteiger partial charge on any atom is 0.469 e. The fourth-order valence-electron chi connectivity index (χ4n) is 1.58. The number of fused-ring (bicyclic) bond motifs is 1. The molecule has 0 amide bonds. The van der Waals surface area contributed by atoms with E-state index < -0.39 is 34.0 Å². The van der Waals surface area contributed by atoms with Gasteiger partial charge in [-0.2, -0.15) is 17.6 Å². The first-order chi connectivity index (χ1) is 7.67. The fourth-order valence-corrected chi connectivity index (χ4v) is 1.58. The van der Waals surface area contributed by atoms with Gasteiger partial charge in [-0.1, -0.05) is 0 Å². The average molecular weight is 251 g/mol. The number of halogens is 4. The highest BCUT2D eigenvalue weighted by molar-refractivity contribution is 5.58. The summed E-state index contributed by atoms with van der Waals surface area (Å²) in [6, 6.07) is 1.65. The maximum atomic E-state index is 13.2. The SMILES string of the molecule is Cc1cc([N+](=O)[O-])c2c(c1)C(F)(F)C(F)(F)O2. The molecule has 17 heavy (non-hydrogen) atoms. The Morgan fingerprint density at radius 1 is 1.29 bits per heavy atom. The molecular weight excluding hydrogens is 246 g/mol. The first-order valence-corrected chi connectivity index (χ1v) is 4.41.